The van der Waals surface area contributed by atoms with Crippen molar-refractivity contribution in [2.75, 3.05) is 17.6 Å². The molecule has 0 aliphatic rings. The standard InChI is InChI=1S/C8H11N3/c1-2-4-10-8-6-7(9)3-5-11-8/h2-3,5-6H,1,4H2,(H3,9,10,11). The van der Waals surface area contributed by atoms with Crippen LogP contribution in [0, 0.1) is 0 Å². The second-order valence-corrected chi connectivity index (χ2v) is 2.14. The highest BCUT2D eigenvalue weighted by Crippen LogP contribution is 2.06. The van der Waals surface area contributed by atoms with E-state index in [0.717, 1.165) is 5.82 Å². The molecule has 11 heavy (non-hydrogen) atoms. The molecule has 0 fully saturated rings. The summed E-state index contributed by atoms with van der Waals surface area (Å²) in [5, 5.41) is 3.03. The van der Waals surface area contributed by atoms with Crippen molar-refractivity contribution in [3.05, 3.63) is 31.0 Å². The van der Waals surface area contributed by atoms with E-state index in [0.29, 0.717) is 12.2 Å². The average Bonchev–Trinajstić information content (AvgIpc) is 2.01. The van der Waals surface area contributed by atoms with Crippen molar-refractivity contribution in [2.24, 2.45) is 0 Å². The van der Waals surface area contributed by atoms with Gasteiger partial charge in [0.05, 0.1) is 0 Å². The molecule has 0 radical (unpaired) electrons. The van der Waals surface area contributed by atoms with Crippen LogP contribution in [0.15, 0.2) is 31.0 Å². The first-order chi connectivity index (χ1) is 5.33. The Kier molecular flexibility index (Phi) is 2.49. The molecule has 3 heteroatoms. The van der Waals surface area contributed by atoms with Crippen LogP contribution in [0.2, 0.25) is 0 Å². The number of hydrogen-bond acceptors (Lipinski definition) is 3. The highest BCUT2D eigenvalue weighted by molar-refractivity contribution is 5.48. The SMILES string of the molecule is C=CCNc1cc(N)ccn1. The minimum Gasteiger partial charge on any atom is -0.399 e. The van der Waals surface area contributed by atoms with Gasteiger partial charge in [-0.2, -0.15) is 0 Å². The summed E-state index contributed by atoms with van der Waals surface area (Å²) in [5.41, 5.74) is 6.24. The molecule has 0 atom stereocenters. The molecule has 3 N–H and O–H groups in total. The molecular formula is C8H11N3. The first kappa shape index (κ1) is 7.60. The summed E-state index contributed by atoms with van der Waals surface area (Å²) in [6.07, 6.45) is 3.44. The van der Waals surface area contributed by atoms with Crippen molar-refractivity contribution < 1.29 is 0 Å². The first-order valence-corrected chi connectivity index (χ1v) is 3.39. The van der Waals surface area contributed by atoms with Crippen molar-refractivity contribution in [1.82, 2.24) is 4.98 Å². The van der Waals surface area contributed by atoms with E-state index in [-0.39, 0.29) is 0 Å². The Morgan fingerprint density at radius 2 is 2.55 bits per heavy atom. The molecule has 0 aliphatic carbocycles. The lowest BCUT2D eigenvalue weighted by molar-refractivity contribution is 1.23. The molecule has 1 heterocycles. The van der Waals surface area contributed by atoms with Gasteiger partial charge in [0.15, 0.2) is 0 Å². The van der Waals surface area contributed by atoms with E-state index < -0.39 is 0 Å². The van der Waals surface area contributed by atoms with Crippen LogP contribution in [0.4, 0.5) is 11.5 Å². The summed E-state index contributed by atoms with van der Waals surface area (Å²) in [7, 11) is 0. The molecule has 0 unspecified atom stereocenters. The van der Waals surface area contributed by atoms with Crippen LogP contribution in [-0.4, -0.2) is 11.5 Å². The second kappa shape index (κ2) is 3.61. The lowest BCUT2D eigenvalue weighted by atomic mass is 10.4. The molecule has 0 spiro atoms. The Morgan fingerprint density at radius 3 is 3.18 bits per heavy atom. The molecule has 0 aliphatic heterocycles. The van der Waals surface area contributed by atoms with E-state index in [9.17, 15) is 0 Å². The molecule has 3 nitrogen and oxygen atoms in total. The fourth-order valence-electron chi connectivity index (χ4n) is 0.720. The van der Waals surface area contributed by atoms with Gasteiger partial charge in [0.25, 0.3) is 0 Å². The van der Waals surface area contributed by atoms with Gasteiger partial charge in [-0.15, -0.1) is 6.58 Å². The molecular weight excluding hydrogens is 138 g/mol. The van der Waals surface area contributed by atoms with Gasteiger partial charge in [-0.1, -0.05) is 6.08 Å². The number of pyridine rings is 1. The number of nitrogens with two attached hydrogens (primary N) is 1. The Bertz CT molecular complexity index is 245. The third-order valence-corrected chi connectivity index (χ3v) is 1.21. The van der Waals surface area contributed by atoms with Crippen molar-refractivity contribution in [3.8, 4) is 0 Å². The summed E-state index contributed by atoms with van der Waals surface area (Å²) >= 11 is 0. The van der Waals surface area contributed by atoms with Gasteiger partial charge < -0.3 is 11.1 Å². The maximum Gasteiger partial charge on any atom is 0.128 e. The Hall–Kier alpha value is -1.51. The predicted octanol–water partition coefficient (Wildman–Crippen LogP) is 1.26. The molecule has 0 bridgehead atoms. The van der Waals surface area contributed by atoms with Crippen LogP contribution in [0.1, 0.15) is 0 Å². The Morgan fingerprint density at radius 1 is 1.73 bits per heavy atom. The minimum atomic E-state index is 0.705. The second-order valence-electron chi connectivity index (χ2n) is 2.14. The number of anilines is 2. The van der Waals surface area contributed by atoms with Gasteiger partial charge in [0.2, 0.25) is 0 Å². The smallest absolute Gasteiger partial charge is 0.128 e. The number of nitrogen functional groups attached to an aromatic ring is 1. The molecule has 1 aromatic heterocycles. The zero-order chi connectivity index (χ0) is 8.10. The van der Waals surface area contributed by atoms with Crippen LogP contribution in [0.3, 0.4) is 0 Å². The third-order valence-electron chi connectivity index (χ3n) is 1.21. The Balaban J connectivity index is 2.63. The summed E-state index contributed by atoms with van der Waals surface area (Å²) in [5.74, 6) is 0.782. The molecule has 1 aromatic rings. The lowest BCUT2D eigenvalue weighted by Gasteiger charge is -2.01. The maximum absolute atomic E-state index is 5.52. The fraction of sp³-hybridized carbons (Fsp3) is 0.125. The predicted molar refractivity (Wildman–Crippen MR) is 47.3 cm³/mol. The minimum absolute atomic E-state index is 0.705. The van der Waals surface area contributed by atoms with Crippen molar-refractivity contribution in [1.29, 1.82) is 0 Å². The zero-order valence-electron chi connectivity index (χ0n) is 6.25. The zero-order valence-corrected chi connectivity index (χ0v) is 6.25. The van der Waals surface area contributed by atoms with Crippen LogP contribution in [-0.2, 0) is 0 Å². The van der Waals surface area contributed by atoms with Gasteiger partial charge >= 0.3 is 0 Å². The topological polar surface area (TPSA) is 50.9 Å². The number of nitrogens with one attached hydrogen (secondary N) is 1. The highest BCUT2D eigenvalue weighted by Gasteiger charge is 1.89. The molecule has 0 amide bonds. The number of rotatable bonds is 3. The average molecular weight is 149 g/mol. The summed E-state index contributed by atoms with van der Waals surface area (Å²) in [4.78, 5) is 4.04. The van der Waals surface area contributed by atoms with Gasteiger partial charge in [-0.3, -0.25) is 0 Å². The first-order valence-electron chi connectivity index (χ1n) is 3.39. The molecule has 0 aromatic carbocycles. The Labute approximate surface area is 65.9 Å². The fourth-order valence-corrected chi connectivity index (χ4v) is 0.720. The molecule has 0 saturated carbocycles. The normalized spacial score (nSPS) is 9.09. The van der Waals surface area contributed by atoms with Crippen LogP contribution in [0.5, 0.6) is 0 Å². The maximum atomic E-state index is 5.52. The third kappa shape index (κ3) is 2.29. The number of hydrogen-bond donors (Lipinski definition) is 2. The van der Waals surface area contributed by atoms with E-state index in [4.69, 9.17) is 5.73 Å². The number of aromatic nitrogens is 1. The van der Waals surface area contributed by atoms with E-state index in [1.807, 2.05) is 0 Å². The quantitative estimate of drug-likeness (QED) is 0.636. The monoisotopic (exact) mass is 149 g/mol. The lowest BCUT2D eigenvalue weighted by Crippen LogP contribution is -2.00. The van der Waals surface area contributed by atoms with E-state index >= 15 is 0 Å². The van der Waals surface area contributed by atoms with Crippen molar-refractivity contribution in [2.45, 2.75) is 0 Å². The number of nitrogens with zero attached hydrogens (tertiary/aromatic N) is 1. The van der Waals surface area contributed by atoms with Gasteiger partial charge in [-0.05, 0) is 6.07 Å². The summed E-state index contributed by atoms with van der Waals surface area (Å²) < 4.78 is 0. The van der Waals surface area contributed by atoms with Crippen LogP contribution >= 0.6 is 0 Å². The van der Waals surface area contributed by atoms with E-state index in [2.05, 4.69) is 16.9 Å². The molecule has 1 rings (SSSR count). The highest BCUT2D eigenvalue weighted by atomic mass is 15.0. The van der Waals surface area contributed by atoms with Gasteiger partial charge in [0.1, 0.15) is 5.82 Å². The van der Waals surface area contributed by atoms with Gasteiger partial charge in [0, 0.05) is 24.5 Å². The van der Waals surface area contributed by atoms with E-state index in [1.54, 1.807) is 24.4 Å². The molecule has 0 saturated heterocycles. The van der Waals surface area contributed by atoms with E-state index in [1.165, 1.54) is 0 Å². The van der Waals surface area contributed by atoms with Crippen molar-refractivity contribution >= 4 is 11.5 Å². The van der Waals surface area contributed by atoms with Crippen LogP contribution in [0.25, 0.3) is 0 Å². The van der Waals surface area contributed by atoms with Crippen LogP contribution < -0.4 is 11.1 Å². The molecule has 58 valence electrons. The van der Waals surface area contributed by atoms with Crippen molar-refractivity contribution in [3.63, 3.8) is 0 Å². The summed E-state index contributed by atoms with van der Waals surface area (Å²) in [6.45, 7) is 4.28. The summed E-state index contributed by atoms with van der Waals surface area (Å²) in [6, 6.07) is 3.53. The largest absolute Gasteiger partial charge is 0.399 e. The van der Waals surface area contributed by atoms with Gasteiger partial charge in [-0.25, -0.2) is 4.98 Å².